The highest BCUT2D eigenvalue weighted by Crippen LogP contribution is 2.16. The van der Waals surface area contributed by atoms with E-state index < -0.39 is 5.97 Å². The summed E-state index contributed by atoms with van der Waals surface area (Å²) in [6.45, 7) is 3.84. The third kappa shape index (κ3) is 5.32. The minimum Gasteiger partial charge on any atom is -0.456 e. The molecule has 0 unspecified atom stereocenters. The highest BCUT2D eigenvalue weighted by molar-refractivity contribution is 7.16. The first-order valence-corrected chi connectivity index (χ1v) is 11.3. The molecular formula is C24H22N4O4S. The summed E-state index contributed by atoms with van der Waals surface area (Å²) in [5.74, 6) is -0.857. The Morgan fingerprint density at radius 1 is 1.09 bits per heavy atom. The van der Waals surface area contributed by atoms with Gasteiger partial charge in [-0.25, -0.2) is 9.78 Å². The number of aryl methyl sites for hydroxylation is 2. The van der Waals surface area contributed by atoms with Gasteiger partial charge in [0.25, 0.3) is 11.5 Å². The van der Waals surface area contributed by atoms with Crippen LogP contribution in [0.2, 0.25) is 0 Å². The van der Waals surface area contributed by atoms with Crippen molar-refractivity contribution < 1.29 is 14.3 Å². The molecule has 0 saturated heterocycles. The van der Waals surface area contributed by atoms with Gasteiger partial charge in [0.2, 0.25) is 4.96 Å². The van der Waals surface area contributed by atoms with Crippen LogP contribution in [0.5, 0.6) is 0 Å². The number of anilines is 1. The lowest BCUT2D eigenvalue weighted by molar-refractivity contribution is 0.0467. The molecule has 0 aliphatic carbocycles. The lowest BCUT2D eigenvalue weighted by Gasteiger charge is -2.08. The van der Waals surface area contributed by atoms with Crippen molar-refractivity contribution in [3.63, 3.8) is 0 Å². The summed E-state index contributed by atoms with van der Waals surface area (Å²) < 4.78 is 6.62. The van der Waals surface area contributed by atoms with Crippen LogP contribution in [-0.2, 0) is 17.8 Å². The molecule has 0 atom stereocenters. The lowest BCUT2D eigenvalue weighted by atomic mass is 10.1. The summed E-state index contributed by atoms with van der Waals surface area (Å²) in [5.41, 5.74) is 2.36. The highest BCUT2D eigenvalue weighted by atomic mass is 32.1. The number of aromatic nitrogens is 3. The minimum atomic E-state index is -0.584. The van der Waals surface area contributed by atoms with Crippen LogP contribution in [-0.4, -0.2) is 26.5 Å². The zero-order valence-electron chi connectivity index (χ0n) is 18.2. The van der Waals surface area contributed by atoms with E-state index in [4.69, 9.17) is 4.74 Å². The number of hydrogen-bond donors (Lipinski definition) is 1. The lowest BCUT2D eigenvalue weighted by Crippen LogP contribution is -2.17. The average molecular weight is 463 g/mol. The predicted molar refractivity (Wildman–Crippen MR) is 126 cm³/mol. The molecule has 33 heavy (non-hydrogen) atoms. The standard InChI is InChI=1S/C24H22N4O4S/c1-3-5-20-27-28-21(29)13-19(26-24(28)33-20)14-32-23(31)17-6-4-7-18(12-17)25-22(30)16-10-8-15(2)9-11-16/h4,6-13H,3,5,14H2,1-2H3,(H,25,30). The molecule has 1 N–H and O–H groups in total. The van der Waals surface area contributed by atoms with Gasteiger partial charge in [-0.05, 0) is 43.7 Å². The molecule has 0 fully saturated rings. The van der Waals surface area contributed by atoms with Crippen molar-refractivity contribution in [2.45, 2.75) is 33.3 Å². The van der Waals surface area contributed by atoms with Crippen LogP contribution in [0.15, 0.2) is 59.4 Å². The summed E-state index contributed by atoms with van der Waals surface area (Å²) in [6.07, 6.45) is 1.69. The van der Waals surface area contributed by atoms with E-state index in [0.29, 0.717) is 21.9 Å². The molecule has 4 aromatic rings. The summed E-state index contributed by atoms with van der Waals surface area (Å²) in [6, 6.07) is 15.0. The molecule has 0 bridgehead atoms. The number of rotatable bonds is 7. The third-order valence-electron chi connectivity index (χ3n) is 4.82. The van der Waals surface area contributed by atoms with E-state index in [1.165, 1.54) is 21.9 Å². The Morgan fingerprint density at radius 2 is 1.88 bits per heavy atom. The van der Waals surface area contributed by atoms with Crippen molar-refractivity contribution in [1.82, 2.24) is 14.6 Å². The summed E-state index contributed by atoms with van der Waals surface area (Å²) in [5, 5.41) is 7.88. The SMILES string of the molecule is CCCc1nn2c(=O)cc(COC(=O)c3cccc(NC(=O)c4ccc(C)cc4)c3)nc2s1. The molecule has 8 nitrogen and oxygen atoms in total. The van der Waals surface area contributed by atoms with Crippen LogP contribution in [0.3, 0.4) is 0 Å². The predicted octanol–water partition coefficient (Wildman–Crippen LogP) is 4.02. The maximum atomic E-state index is 12.5. The van der Waals surface area contributed by atoms with Crippen LogP contribution in [0.25, 0.3) is 4.96 Å². The second kappa shape index (κ2) is 9.74. The smallest absolute Gasteiger partial charge is 0.338 e. The van der Waals surface area contributed by atoms with Gasteiger partial charge in [0.05, 0.1) is 11.3 Å². The Balaban J connectivity index is 1.43. The normalized spacial score (nSPS) is 10.8. The number of esters is 1. The number of carbonyl (C=O) groups is 2. The Labute approximate surface area is 193 Å². The van der Waals surface area contributed by atoms with Crippen LogP contribution in [0.4, 0.5) is 5.69 Å². The van der Waals surface area contributed by atoms with Crippen LogP contribution in [0, 0.1) is 6.92 Å². The number of hydrogen-bond acceptors (Lipinski definition) is 7. The van der Waals surface area contributed by atoms with E-state index >= 15 is 0 Å². The van der Waals surface area contributed by atoms with E-state index in [1.54, 1.807) is 36.4 Å². The quantitative estimate of drug-likeness (QED) is 0.416. The van der Waals surface area contributed by atoms with Gasteiger partial charge >= 0.3 is 5.97 Å². The second-order valence-electron chi connectivity index (χ2n) is 7.50. The van der Waals surface area contributed by atoms with Gasteiger partial charge in [-0.15, -0.1) is 0 Å². The number of nitrogens with zero attached hydrogens (tertiary/aromatic N) is 3. The Hall–Kier alpha value is -3.85. The van der Waals surface area contributed by atoms with E-state index in [2.05, 4.69) is 15.4 Å². The molecule has 2 heterocycles. The van der Waals surface area contributed by atoms with Crippen LogP contribution < -0.4 is 10.9 Å². The first-order chi connectivity index (χ1) is 15.9. The molecule has 0 radical (unpaired) electrons. The molecule has 0 aliphatic rings. The molecule has 2 aromatic carbocycles. The zero-order chi connectivity index (χ0) is 23.4. The van der Waals surface area contributed by atoms with Crippen molar-refractivity contribution in [3.05, 3.63) is 92.3 Å². The van der Waals surface area contributed by atoms with Gasteiger partial charge in [0.1, 0.15) is 11.6 Å². The summed E-state index contributed by atoms with van der Waals surface area (Å²) >= 11 is 1.35. The molecule has 168 valence electrons. The number of nitrogens with one attached hydrogen (secondary N) is 1. The van der Waals surface area contributed by atoms with Gasteiger partial charge in [-0.2, -0.15) is 9.61 Å². The second-order valence-corrected chi connectivity index (χ2v) is 8.54. The maximum absolute atomic E-state index is 12.5. The van der Waals surface area contributed by atoms with E-state index in [0.717, 1.165) is 23.4 Å². The van der Waals surface area contributed by atoms with Crippen molar-refractivity contribution >= 4 is 33.9 Å². The average Bonchev–Trinajstić information content (AvgIpc) is 3.21. The van der Waals surface area contributed by atoms with Gasteiger partial charge in [0.15, 0.2) is 0 Å². The Morgan fingerprint density at radius 3 is 2.64 bits per heavy atom. The number of carbonyl (C=O) groups excluding carboxylic acids is 2. The molecule has 0 spiro atoms. The topological polar surface area (TPSA) is 103 Å². The third-order valence-corrected chi connectivity index (χ3v) is 5.79. The number of fused-ring (bicyclic) bond motifs is 1. The molecular weight excluding hydrogens is 440 g/mol. The highest BCUT2D eigenvalue weighted by Gasteiger charge is 2.13. The van der Waals surface area contributed by atoms with E-state index in [9.17, 15) is 14.4 Å². The number of ether oxygens (including phenoxy) is 1. The fourth-order valence-electron chi connectivity index (χ4n) is 3.14. The van der Waals surface area contributed by atoms with Crippen molar-refractivity contribution in [2.75, 3.05) is 5.32 Å². The van der Waals surface area contributed by atoms with Crippen LogP contribution >= 0.6 is 11.3 Å². The number of amides is 1. The van der Waals surface area contributed by atoms with Crippen molar-refractivity contribution in [3.8, 4) is 0 Å². The van der Waals surface area contributed by atoms with Crippen molar-refractivity contribution in [1.29, 1.82) is 0 Å². The van der Waals surface area contributed by atoms with Crippen LogP contribution in [0.1, 0.15) is 50.3 Å². The maximum Gasteiger partial charge on any atom is 0.338 e. The van der Waals surface area contributed by atoms with Gasteiger partial charge in [0, 0.05) is 23.7 Å². The Bertz CT molecular complexity index is 1380. The zero-order valence-corrected chi connectivity index (χ0v) is 19.0. The van der Waals surface area contributed by atoms with Gasteiger partial charge in [-0.3, -0.25) is 9.59 Å². The minimum absolute atomic E-state index is 0.147. The van der Waals surface area contributed by atoms with E-state index in [1.807, 2.05) is 26.0 Å². The first-order valence-electron chi connectivity index (χ1n) is 10.5. The summed E-state index contributed by atoms with van der Waals surface area (Å²) in [4.78, 5) is 42.1. The van der Waals surface area contributed by atoms with E-state index in [-0.39, 0.29) is 23.6 Å². The molecule has 1 amide bonds. The number of benzene rings is 2. The molecule has 2 aromatic heterocycles. The molecule has 0 aliphatic heterocycles. The first kappa shape index (κ1) is 22.3. The monoisotopic (exact) mass is 462 g/mol. The summed E-state index contributed by atoms with van der Waals surface area (Å²) in [7, 11) is 0. The van der Waals surface area contributed by atoms with Gasteiger partial charge < -0.3 is 10.1 Å². The largest absolute Gasteiger partial charge is 0.456 e. The fraction of sp³-hybridized carbons (Fsp3) is 0.208. The fourth-order valence-corrected chi connectivity index (χ4v) is 4.16. The molecule has 4 rings (SSSR count). The molecule has 0 saturated carbocycles. The Kier molecular flexibility index (Phi) is 6.60. The van der Waals surface area contributed by atoms with Crippen molar-refractivity contribution in [2.24, 2.45) is 0 Å². The van der Waals surface area contributed by atoms with Gasteiger partial charge in [-0.1, -0.05) is 42.0 Å². The molecule has 9 heteroatoms.